The van der Waals surface area contributed by atoms with Crippen LogP contribution in [0.15, 0.2) is 16.9 Å². The Kier molecular flexibility index (Phi) is 3.33. The summed E-state index contributed by atoms with van der Waals surface area (Å²) in [5, 5.41) is 4.84. The second-order valence-corrected chi connectivity index (χ2v) is 5.88. The molecule has 0 unspecified atom stereocenters. The first-order chi connectivity index (χ1) is 8.28. The third-order valence-electron chi connectivity index (χ3n) is 2.05. The van der Waals surface area contributed by atoms with Gasteiger partial charge in [-0.15, -0.1) is 5.10 Å². The zero-order chi connectivity index (χ0) is 13.5. The Balaban J connectivity index is 2.49. The van der Waals surface area contributed by atoms with Crippen molar-refractivity contribution in [3.63, 3.8) is 0 Å². The fraction of sp³-hybridized carbons (Fsp3) is 0.364. The average Bonchev–Trinajstić information content (AvgIpc) is 2.54. The molecule has 0 fully saturated rings. The molecule has 18 heavy (non-hydrogen) atoms. The molecule has 0 aliphatic heterocycles. The number of carbonyl (C=O) groups is 1. The normalized spacial score (nSPS) is 11.8. The van der Waals surface area contributed by atoms with Crippen LogP contribution in [0, 0.1) is 0 Å². The Morgan fingerprint density at radius 2 is 2.17 bits per heavy atom. The van der Waals surface area contributed by atoms with Crippen LogP contribution in [-0.4, -0.2) is 26.5 Å². The largest absolute Gasteiger partial charge is 0.442 e. The van der Waals surface area contributed by atoms with Crippen molar-refractivity contribution in [1.29, 1.82) is 0 Å². The lowest BCUT2D eigenvalue weighted by Gasteiger charge is -2.19. The van der Waals surface area contributed by atoms with Gasteiger partial charge in [0.1, 0.15) is 15.7 Å². The Hall–Kier alpha value is -1.14. The molecule has 0 atom stereocenters. The molecule has 0 N–H and O–H groups in total. The fourth-order valence-electron chi connectivity index (χ4n) is 1.40. The van der Waals surface area contributed by atoms with Crippen LogP contribution in [-0.2, 0) is 4.74 Å². The van der Waals surface area contributed by atoms with Crippen molar-refractivity contribution < 1.29 is 9.53 Å². The maximum atomic E-state index is 12.0. The van der Waals surface area contributed by atoms with Crippen molar-refractivity contribution in [3.05, 3.63) is 22.0 Å². The summed E-state index contributed by atoms with van der Waals surface area (Å²) in [7, 11) is 0. The van der Waals surface area contributed by atoms with E-state index in [9.17, 15) is 4.79 Å². The van der Waals surface area contributed by atoms with Gasteiger partial charge in [-0.2, -0.15) is 4.68 Å². The lowest BCUT2D eigenvalue weighted by Crippen LogP contribution is -2.27. The molecule has 0 saturated carbocycles. The fourth-order valence-corrected chi connectivity index (χ4v) is 1.95. The first-order valence-corrected chi connectivity index (χ1v) is 6.38. The van der Waals surface area contributed by atoms with Crippen molar-refractivity contribution in [2.75, 3.05) is 0 Å². The van der Waals surface area contributed by atoms with Crippen molar-refractivity contribution in [2.45, 2.75) is 26.4 Å². The third-order valence-corrected chi connectivity index (χ3v) is 2.77. The molecule has 96 valence electrons. The van der Waals surface area contributed by atoms with Crippen molar-refractivity contribution in [3.8, 4) is 0 Å². The van der Waals surface area contributed by atoms with E-state index in [2.05, 4.69) is 26.0 Å². The number of fused-ring (bicyclic) bond motifs is 1. The first kappa shape index (κ1) is 13.3. The second-order valence-electron chi connectivity index (χ2n) is 4.71. The molecular formula is C11H11BrClN3O2. The highest BCUT2D eigenvalue weighted by atomic mass is 79.9. The number of hydrogen-bond acceptors (Lipinski definition) is 4. The van der Waals surface area contributed by atoms with Crippen molar-refractivity contribution in [1.82, 2.24) is 14.8 Å². The van der Waals surface area contributed by atoms with Crippen LogP contribution in [0.3, 0.4) is 0 Å². The van der Waals surface area contributed by atoms with E-state index in [0.717, 1.165) is 4.68 Å². The molecule has 0 aliphatic rings. The minimum atomic E-state index is -0.593. The number of aromatic nitrogens is 3. The monoisotopic (exact) mass is 331 g/mol. The quantitative estimate of drug-likeness (QED) is 0.691. The maximum Gasteiger partial charge on any atom is 0.435 e. The molecule has 0 aliphatic carbocycles. The van der Waals surface area contributed by atoms with Gasteiger partial charge >= 0.3 is 6.09 Å². The second kappa shape index (κ2) is 4.51. The molecule has 2 rings (SSSR count). The van der Waals surface area contributed by atoms with Gasteiger partial charge in [0.25, 0.3) is 0 Å². The van der Waals surface area contributed by atoms with Crippen LogP contribution < -0.4 is 0 Å². The van der Waals surface area contributed by atoms with Crippen LogP contribution in [0.25, 0.3) is 10.9 Å². The smallest absolute Gasteiger partial charge is 0.435 e. The molecule has 2 aromatic heterocycles. The summed E-state index contributed by atoms with van der Waals surface area (Å²) in [4.78, 5) is 16.0. The van der Waals surface area contributed by atoms with Gasteiger partial charge in [-0.25, -0.2) is 9.78 Å². The molecule has 0 bridgehead atoms. The summed E-state index contributed by atoms with van der Waals surface area (Å²) in [5.74, 6) is 0. The van der Waals surface area contributed by atoms with Crippen LogP contribution in [0.2, 0.25) is 5.15 Å². The molecular weight excluding hydrogens is 321 g/mol. The molecule has 0 saturated heterocycles. The average molecular weight is 333 g/mol. The van der Waals surface area contributed by atoms with E-state index in [0.29, 0.717) is 15.5 Å². The molecule has 5 nitrogen and oxygen atoms in total. The zero-order valence-electron chi connectivity index (χ0n) is 10.1. The Morgan fingerprint density at radius 1 is 1.50 bits per heavy atom. The van der Waals surface area contributed by atoms with E-state index < -0.39 is 11.7 Å². The molecule has 0 amide bonds. The van der Waals surface area contributed by atoms with Gasteiger partial charge in [-0.3, -0.25) is 0 Å². The van der Waals surface area contributed by atoms with Crippen molar-refractivity contribution in [2.24, 2.45) is 0 Å². The number of halogens is 2. The maximum absolute atomic E-state index is 12.0. The van der Waals surface area contributed by atoms with E-state index >= 15 is 0 Å². The van der Waals surface area contributed by atoms with E-state index in [1.165, 1.54) is 6.20 Å². The molecule has 7 heteroatoms. The van der Waals surface area contributed by atoms with E-state index in [-0.39, 0.29) is 5.15 Å². The summed E-state index contributed by atoms with van der Waals surface area (Å²) in [6.07, 6.45) is 0.936. The predicted molar refractivity (Wildman–Crippen MR) is 71.9 cm³/mol. The summed E-state index contributed by atoms with van der Waals surface area (Å²) < 4.78 is 6.98. The summed E-state index contributed by atoms with van der Waals surface area (Å²) in [6.45, 7) is 5.35. The van der Waals surface area contributed by atoms with Gasteiger partial charge < -0.3 is 4.74 Å². The minimum Gasteiger partial charge on any atom is -0.442 e. The zero-order valence-corrected chi connectivity index (χ0v) is 12.4. The molecule has 2 heterocycles. The number of nitrogens with zero attached hydrogens (tertiary/aromatic N) is 3. The van der Waals surface area contributed by atoms with E-state index in [1.54, 1.807) is 26.8 Å². The summed E-state index contributed by atoms with van der Waals surface area (Å²) >= 11 is 9.22. The van der Waals surface area contributed by atoms with Crippen LogP contribution >= 0.6 is 27.5 Å². The van der Waals surface area contributed by atoms with Crippen molar-refractivity contribution >= 4 is 44.5 Å². The number of pyridine rings is 1. The van der Waals surface area contributed by atoms with Gasteiger partial charge in [0.05, 0.1) is 6.20 Å². The minimum absolute atomic E-state index is 0.235. The van der Waals surface area contributed by atoms with E-state index in [1.807, 2.05) is 0 Å². The van der Waals surface area contributed by atoms with Crippen LogP contribution in [0.1, 0.15) is 20.8 Å². The standard InChI is InChI=1S/C11H11BrClN3O2/c1-11(2,3)18-10(17)16-7-5-14-8(12)4-6(7)9(13)15-16/h4-5H,1-3H3. The lowest BCUT2D eigenvalue weighted by molar-refractivity contribution is 0.0522. The van der Waals surface area contributed by atoms with Crippen LogP contribution in [0.4, 0.5) is 4.79 Å². The predicted octanol–water partition coefficient (Wildman–Crippen LogP) is 3.63. The number of rotatable bonds is 0. The van der Waals surface area contributed by atoms with Gasteiger partial charge in [0.2, 0.25) is 0 Å². The van der Waals surface area contributed by atoms with Gasteiger partial charge in [-0.1, -0.05) is 11.6 Å². The Morgan fingerprint density at radius 3 is 2.78 bits per heavy atom. The molecule has 2 aromatic rings. The highest BCUT2D eigenvalue weighted by Gasteiger charge is 2.21. The Bertz CT molecular complexity index is 619. The highest BCUT2D eigenvalue weighted by Crippen LogP contribution is 2.25. The number of hydrogen-bond donors (Lipinski definition) is 0. The SMILES string of the molecule is CC(C)(C)OC(=O)n1nc(Cl)c2cc(Br)ncc21. The first-order valence-electron chi connectivity index (χ1n) is 5.21. The molecule has 0 radical (unpaired) electrons. The molecule has 0 spiro atoms. The third kappa shape index (κ3) is 2.64. The summed E-state index contributed by atoms with van der Waals surface area (Å²) in [6, 6.07) is 1.70. The van der Waals surface area contributed by atoms with E-state index in [4.69, 9.17) is 16.3 Å². The number of carbonyl (C=O) groups excluding carboxylic acids is 1. The summed E-state index contributed by atoms with van der Waals surface area (Å²) in [5.41, 5.74) is -0.0811. The molecule has 0 aromatic carbocycles. The van der Waals surface area contributed by atoms with Gasteiger partial charge in [-0.05, 0) is 42.8 Å². The highest BCUT2D eigenvalue weighted by molar-refractivity contribution is 9.10. The van der Waals surface area contributed by atoms with Gasteiger partial charge in [0, 0.05) is 5.39 Å². The van der Waals surface area contributed by atoms with Gasteiger partial charge in [0.15, 0.2) is 5.15 Å². The van der Waals surface area contributed by atoms with Crippen LogP contribution in [0.5, 0.6) is 0 Å². The number of ether oxygens (including phenoxy) is 1. The topological polar surface area (TPSA) is 57.0 Å². The lowest BCUT2D eigenvalue weighted by atomic mass is 10.2. The Labute approximate surface area is 117 Å².